The van der Waals surface area contributed by atoms with Crippen LogP contribution in [0.2, 0.25) is 0 Å². The number of fused-ring (bicyclic) bond motifs is 2. The monoisotopic (exact) mass is 444 g/mol. The molecular formula is C23H23F3N4O2. The summed E-state index contributed by atoms with van der Waals surface area (Å²) in [6.45, 7) is 3.01. The van der Waals surface area contributed by atoms with Gasteiger partial charge in [-0.25, -0.2) is 9.50 Å². The summed E-state index contributed by atoms with van der Waals surface area (Å²) in [5.74, 6) is -0.259. The van der Waals surface area contributed by atoms with Gasteiger partial charge in [-0.15, -0.1) is 0 Å². The van der Waals surface area contributed by atoms with Gasteiger partial charge in [-0.3, -0.25) is 4.79 Å². The number of amides is 1. The Kier molecular flexibility index (Phi) is 5.16. The summed E-state index contributed by atoms with van der Waals surface area (Å²) in [7, 11) is 0. The SMILES string of the molecule is Cc1cc(C(F)(F)F)n2nc([C@H]3CCCN(C(=O)[C@@H]4OCCc5ccccc54)C3)cc2n1. The molecule has 2 atom stereocenters. The van der Waals surface area contributed by atoms with Gasteiger partial charge >= 0.3 is 6.18 Å². The number of alkyl halides is 3. The summed E-state index contributed by atoms with van der Waals surface area (Å²) in [5.41, 5.74) is 2.14. The van der Waals surface area contributed by atoms with Crippen LogP contribution in [0.25, 0.3) is 5.65 Å². The van der Waals surface area contributed by atoms with Gasteiger partial charge in [0.2, 0.25) is 0 Å². The number of aryl methyl sites for hydroxylation is 1. The van der Waals surface area contributed by atoms with E-state index in [4.69, 9.17) is 4.74 Å². The minimum Gasteiger partial charge on any atom is -0.363 e. The number of aromatic nitrogens is 3. The number of ether oxygens (including phenoxy) is 1. The molecule has 1 saturated heterocycles. The number of carbonyl (C=O) groups is 1. The van der Waals surface area contributed by atoms with Crippen molar-refractivity contribution < 1.29 is 22.7 Å². The van der Waals surface area contributed by atoms with Crippen LogP contribution in [0, 0.1) is 6.92 Å². The summed E-state index contributed by atoms with van der Waals surface area (Å²) in [6.07, 6.45) is -2.90. The number of benzene rings is 1. The zero-order chi connectivity index (χ0) is 22.5. The highest BCUT2D eigenvalue weighted by molar-refractivity contribution is 5.83. The third kappa shape index (κ3) is 3.74. The molecule has 6 nitrogen and oxygen atoms in total. The first-order valence-corrected chi connectivity index (χ1v) is 10.7. The topological polar surface area (TPSA) is 59.7 Å². The van der Waals surface area contributed by atoms with E-state index in [9.17, 15) is 18.0 Å². The fourth-order valence-corrected chi connectivity index (χ4v) is 4.70. The lowest BCUT2D eigenvalue weighted by atomic mass is 9.92. The van der Waals surface area contributed by atoms with Crippen LogP contribution in [0.3, 0.4) is 0 Å². The molecule has 168 valence electrons. The first-order chi connectivity index (χ1) is 15.3. The van der Waals surface area contributed by atoms with Gasteiger partial charge in [-0.2, -0.15) is 18.3 Å². The molecule has 3 aromatic rings. The molecule has 2 aliphatic rings. The summed E-state index contributed by atoms with van der Waals surface area (Å²) in [5, 5.41) is 4.25. The number of rotatable bonds is 2. The first-order valence-electron chi connectivity index (χ1n) is 10.7. The van der Waals surface area contributed by atoms with Crippen LogP contribution in [0.4, 0.5) is 13.2 Å². The van der Waals surface area contributed by atoms with Gasteiger partial charge in [0.05, 0.1) is 12.3 Å². The Morgan fingerprint density at radius 2 is 2.03 bits per heavy atom. The average Bonchev–Trinajstić information content (AvgIpc) is 3.21. The van der Waals surface area contributed by atoms with Crippen molar-refractivity contribution in [2.24, 2.45) is 0 Å². The van der Waals surface area contributed by atoms with Crippen LogP contribution in [0.1, 0.15) is 53.1 Å². The van der Waals surface area contributed by atoms with Gasteiger partial charge in [0, 0.05) is 30.8 Å². The van der Waals surface area contributed by atoms with Crippen molar-refractivity contribution in [3.63, 3.8) is 0 Å². The average molecular weight is 444 g/mol. The fraction of sp³-hybridized carbons (Fsp3) is 0.435. The summed E-state index contributed by atoms with van der Waals surface area (Å²) < 4.78 is 47.2. The molecule has 2 aromatic heterocycles. The number of piperidine rings is 1. The van der Waals surface area contributed by atoms with Crippen molar-refractivity contribution in [2.75, 3.05) is 19.7 Å². The number of hydrogen-bond donors (Lipinski definition) is 0. The summed E-state index contributed by atoms with van der Waals surface area (Å²) >= 11 is 0. The quantitative estimate of drug-likeness (QED) is 0.598. The molecule has 1 aromatic carbocycles. The Bertz CT molecular complexity index is 1170. The second-order valence-electron chi connectivity index (χ2n) is 8.44. The predicted octanol–water partition coefficient (Wildman–Crippen LogP) is 4.08. The second-order valence-corrected chi connectivity index (χ2v) is 8.44. The standard InChI is InChI=1S/C23H23F3N4O2/c1-14-11-19(23(24,25)26)30-20(27-14)12-18(28-30)16-6-4-9-29(13-16)22(31)21-17-7-3-2-5-15(17)8-10-32-21/h2-3,5,7,11-12,16,21H,4,6,8-10,13H2,1H3/t16-,21+/m0/s1. The molecule has 0 radical (unpaired) electrons. The highest BCUT2D eigenvalue weighted by atomic mass is 19.4. The molecule has 4 heterocycles. The van der Waals surface area contributed by atoms with Crippen molar-refractivity contribution in [1.29, 1.82) is 0 Å². The van der Waals surface area contributed by atoms with Crippen LogP contribution in [0.15, 0.2) is 36.4 Å². The maximum absolute atomic E-state index is 13.5. The molecule has 0 bridgehead atoms. The summed E-state index contributed by atoms with van der Waals surface area (Å²) in [4.78, 5) is 19.3. The molecule has 9 heteroatoms. The predicted molar refractivity (Wildman–Crippen MR) is 110 cm³/mol. The van der Waals surface area contributed by atoms with Crippen molar-refractivity contribution in [2.45, 2.75) is 44.4 Å². The molecule has 0 spiro atoms. The lowest BCUT2D eigenvalue weighted by molar-refractivity contribution is -0.146. The molecule has 32 heavy (non-hydrogen) atoms. The van der Waals surface area contributed by atoms with Gasteiger partial charge in [0.1, 0.15) is 5.69 Å². The molecule has 1 fully saturated rings. The van der Waals surface area contributed by atoms with Gasteiger partial charge in [-0.05, 0) is 43.4 Å². The number of likely N-dealkylation sites (tertiary alicyclic amines) is 1. The largest absolute Gasteiger partial charge is 0.433 e. The van der Waals surface area contributed by atoms with Crippen molar-refractivity contribution >= 4 is 11.6 Å². The van der Waals surface area contributed by atoms with Crippen LogP contribution in [-0.2, 0) is 22.1 Å². The van der Waals surface area contributed by atoms with E-state index < -0.39 is 18.0 Å². The van der Waals surface area contributed by atoms with Crippen LogP contribution in [0.5, 0.6) is 0 Å². The zero-order valence-electron chi connectivity index (χ0n) is 17.6. The van der Waals surface area contributed by atoms with Crippen molar-refractivity contribution in [3.05, 3.63) is 64.6 Å². The van der Waals surface area contributed by atoms with Crippen LogP contribution in [-0.4, -0.2) is 45.1 Å². The fourth-order valence-electron chi connectivity index (χ4n) is 4.70. The third-order valence-corrected chi connectivity index (χ3v) is 6.23. The Labute approximate surface area is 183 Å². The van der Waals surface area contributed by atoms with E-state index in [0.29, 0.717) is 25.4 Å². The number of halogens is 3. The molecule has 1 amide bonds. The van der Waals surface area contributed by atoms with E-state index >= 15 is 0 Å². The number of nitrogens with zero attached hydrogens (tertiary/aromatic N) is 4. The Morgan fingerprint density at radius 1 is 1.22 bits per heavy atom. The van der Waals surface area contributed by atoms with Crippen molar-refractivity contribution in [3.8, 4) is 0 Å². The van der Waals surface area contributed by atoms with E-state index in [1.54, 1.807) is 11.0 Å². The lowest BCUT2D eigenvalue weighted by Gasteiger charge is -2.35. The smallest absolute Gasteiger partial charge is 0.363 e. The van der Waals surface area contributed by atoms with Gasteiger partial charge in [0.25, 0.3) is 5.91 Å². The zero-order valence-corrected chi connectivity index (χ0v) is 17.6. The van der Waals surface area contributed by atoms with E-state index in [-0.39, 0.29) is 23.2 Å². The maximum Gasteiger partial charge on any atom is 0.433 e. The highest BCUT2D eigenvalue weighted by Crippen LogP contribution is 2.34. The number of carbonyl (C=O) groups excluding carboxylic acids is 1. The molecule has 5 rings (SSSR count). The summed E-state index contributed by atoms with van der Waals surface area (Å²) in [6, 6.07) is 10.4. The van der Waals surface area contributed by atoms with E-state index in [1.165, 1.54) is 6.92 Å². The highest BCUT2D eigenvalue weighted by Gasteiger charge is 2.37. The van der Waals surface area contributed by atoms with E-state index in [2.05, 4.69) is 10.1 Å². The van der Waals surface area contributed by atoms with Gasteiger partial charge in [0.15, 0.2) is 11.8 Å². The minimum atomic E-state index is -4.53. The van der Waals surface area contributed by atoms with Gasteiger partial charge < -0.3 is 9.64 Å². The Morgan fingerprint density at radius 3 is 2.84 bits per heavy atom. The minimum absolute atomic E-state index is 0.101. The molecule has 0 unspecified atom stereocenters. The number of hydrogen-bond acceptors (Lipinski definition) is 4. The third-order valence-electron chi connectivity index (χ3n) is 6.23. The molecule has 0 N–H and O–H groups in total. The first kappa shape index (κ1) is 20.9. The normalized spacial score (nSPS) is 21.6. The van der Waals surface area contributed by atoms with Crippen molar-refractivity contribution in [1.82, 2.24) is 19.5 Å². The molecular weight excluding hydrogens is 421 g/mol. The van der Waals surface area contributed by atoms with E-state index in [1.807, 2.05) is 24.3 Å². The molecule has 0 aliphatic carbocycles. The van der Waals surface area contributed by atoms with Crippen LogP contribution >= 0.6 is 0 Å². The Hall–Kier alpha value is -2.94. The lowest BCUT2D eigenvalue weighted by Crippen LogP contribution is -2.43. The second kappa shape index (κ2) is 7.88. The maximum atomic E-state index is 13.5. The van der Waals surface area contributed by atoms with E-state index in [0.717, 1.165) is 41.0 Å². The molecule has 2 aliphatic heterocycles. The van der Waals surface area contributed by atoms with Gasteiger partial charge in [-0.1, -0.05) is 24.3 Å². The Balaban J connectivity index is 1.41. The molecule has 0 saturated carbocycles. The van der Waals surface area contributed by atoms with Crippen LogP contribution < -0.4 is 0 Å².